The fourth-order valence-electron chi connectivity index (χ4n) is 1.19. The van der Waals surface area contributed by atoms with Crippen molar-refractivity contribution in [1.29, 1.82) is 0 Å². The van der Waals surface area contributed by atoms with Crippen LogP contribution in [0.15, 0.2) is 0 Å². The van der Waals surface area contributed by atoms with Crippen LogP contribution in [-0.4, -0.2) is 24.7 Å². The molecule has 23 heavy (non-hydrogen) atoms. The molecule has 0 saturated heterocycles. The maximum Gasteiger partial charge on any atom is 0.155 e. The molecule has 0 aromatic carbocycles. The van der Waals surface area contributed by atoms with E-state index in [2.05, 4.69) is 46.5 Å². The molecule has 5 heteroatoms. The fourth-order valence-corrected chi connectivity index (χ4v) is 2.38. The van der Waals surface area contributed by atoms with E-state index in [9.17, 15) is 13.2 Å². The van der Waals surface area contributed by atoms with Gasteiger partial charge in [-0.15, -0.1) is 0 Å². The maximum atomic E-state index is 11.6. The average molecular weight is 419 g/mol. The van der Waals surface area contributed by atoms with Gasteiger partial charge < -0.3 is 17.6 Å². The summed E-state index contributed by atoms with van der Waals surface area (Å²) in [5, 5.41) is 0. The zero-order valence-electron chi connectivity index (χ0n) is 15.0. The number of rotatable bonds is 5. The topological polar surface area (TPSA) is 51.2 Å². The molecular formula is C18H34O3SY-2. The van der Waals surface area contributed by atoms with Crippen molar-refractivity contribution < 1.29 is 45.9 Å². The Morgan fingerprint density at radius 1 is 1.04 bits per heavy atom. The number of ketones is 1. The molecule has 0 aliphatic rings. The monoisotopic (exact) mass is 419 g/mol. The molecule has 0 unspecified atom stereocenters. The molecule has 0 saturated carbocycles. The largest absolute Gasteiger partial charge is 0.339 e. The van der Waals surface area contributed by atoms with Crippen molar-refractivity contribution in [2.24, 2.45) is 5.41 Å². The van der Waals surface area contributed by atoms with Crippen LogP contribution < -0.4 is 0 Å². The van der Waals surface area contributed by atoms with Crippen LogP contribution >= 0.6 is 0 Å². The molecule has 1 radical (unpaired) electrons. The third-order valence-corrected chi connectivity index (χ3v) is 5.21. The Morgan fingerprint density at radius 2 is 1.48 bits per heavy atom. The Hall–Kier alpha value is 0.0239. The summed E-state index contributed by atoms with van der Waals surface area (Å²) in [6.07, 6.45) is 1.53. The van der Waals surface area contributed by atoms with Gasteiger partial charge in [0.25, 0.3) is 0 Å². The van der Waals surface area contributed by atoms with E-state index < -0.39 is 14.6 Å². The summed E-state index contributed by atoms with van der Waals surface area (Å²) in [6.45, 7) is 17.9. The number of sulfone groups is 1. The molecule has 0 aromatic rings. The summed E-state index contributed by atoms with van der Waals surface area (Å²) < 4.78 is 22.5. The van der Waals surface area contributed by atoms with E-state index in [1.165, 1.54) is 0 Å². The van der Waals surface area contributed by atoms with Crippen LogP contribution in [0.4, 0.5) is 0 Å². The van der Waals surface area contributed by atoms with Gasteiger partial charge in [0.2, 0.25) is 0 Å². The van der Waals surface area contributed by atoms with Crippen molar-refractivity contribution in [2.75, 3.05) is 5.75 Å². The van der Waals surface area contributed by atoms with Crippen molar-refractivity contribution in [1.82, 2.24) is 0 Å². The standard InChI is InChI=1S/C10H19O3S.C7H11.CH4.Y/c1-9(11)7-5-6-8-14(12,13)10(2,3)4;1-5-6-7(2,3)4;;/h1,5-8H2,2-4H3;1H2,2-4H3;1H4;/q2*-1;;. The predicted molar refractivity (Wildman–Crippen MR) is 97.1 cm³/mol. The molecule has 0 aliphatic heterocycles. The first kappa shape index (κ1) is 30.9. The SMILES string of the molecule is C.[CH2-]C#CC(C)(C)C.[CH2-]C(=O)CCCCS(=O)(=O)C(C)(C)C.[Y]. The van der Waals surface area contributed by atoms with Crippen molar-refractivity contribution in [3.8, 4) is 11.8 Å². The summed E-state index contributed by atoms with van der Waals surface area (Å²) in [7, 11) is -3.03. The molecule has 0 N–H and O–H groups in total. The minimum atomic E-state index is -3.03. The van der Waals surface area contributed by atoms with Crippen molar-refractivity contribution in [3.05, 3.63) is 13.8 Å². The van der Waals surface area contributed by atoms with Crippen molar-refractivity contribution in [3.63, 3.8) is 0 Å². The van der Waals surface area contributed by atoms with Gasteiger partial charge in [-0.05, 0) is 45.8 Å². The molecule has 0 fully saturated rings. The van der Waals surface area contributed by atoms with Crippen LogP contribution in [0.5, 0.6) is 0 Å². The first-order chi connectivity index (χ1) is 9.23. The number of carbonyl (C=O) groups excluding carboxylic acids is 1. The molecule has 0 atom stereocenters. The van der Waals surface area contributed by atoms with E-state index in [1.54, 1.807) is 20.8 Å². The second-order valence-electron chi connectivity index (χ2n) is 6.98. The van der Waals surface area contributed by atoms with Crippen LogP contribution in [0.25, 0.3) is 0 Å². The normalized spacial score (nSPS) is 10.7. The number of hydrogen-bond donors (Lipinski definition) is 0. The van der Waals surface area contributed by atoms with Gasteiger partial charge >= 0.3 is 0 Å². The summed E-state index contributed by atoms with van der Waals surface area (Å²) >= 11 is 0. The van der Waals surface area contributed by atoms with Crippen LogP contribution in [-0.2, 0) is 47.3 Å². The molecular weight excluding hydrogens is 385 g/mol. The van der Waals surface area contributed by atoms with Gasteiger partial charge in [0.1, 0.15) is 0 Å². The van der Waals surface area contributed by atoms with Crippen LogP contribution in [0.3, 0.4) is 0 Å². The van der Waals surface area contributed by atoms with Crippen LogP contribution in [0.2, 0.25) is 0 Å². The molecule has 0 heterocycles. The molecule has 0 rings (SSSR count). The summed E-state index contributed by atoms with van der Waals surface area (Å²) in [5.41, 5.74) is 0.127. The molecule has 0 aliphatic carbocycles. The van der Waals surface area contributed by atoms with E-state index in [0.717, 1.165) is 0 Å². The van der Waals surface area contributed by atoms with Gasteiger partial charge in [0.15, 0.2) is 9.84 Å². The van der Waals surface area contributed by atoms with Gasteiger partial charge in [-0.1, -0.05) is 33.6 Å². The number of hydrogen-bond acceptors (Lipinski definition) is 3. The van der Waals surface area contributed by atoms with Gasteiger partial charge in [-0.25, -0.2) is 8.42 Å². The average Bonchev–Trinajstić information content (AvgIpc) is 2.21. The second kappa shape index (κ2) is 13.3. The van der Waals surface area contributed by atoms with Crippen molar-refractivity contribution in [2.45, 2.75) is 73.0 Å². The van der Waals surface area contributed by atoms with Gasteiger partial charge in [-0.3, -0.25) is 5.92 Å². The Bertz CT molecular complexity index is 469. The third kappa shape index (κ3) is 20.0. The Morgan fingerprint density at radius 3 is 1.70 bits per heavy atom. The van der Waals surface area contributed by atoms with Gasteiger partial charge in [-0.2, -0.15) is 6.92 Å². The predicted octanol–water partition coefficient (Wildman–Crippen LogP) is 4.28. The van der Waals surface area contributed by atoms with Crippen LogP contribution in [0, 0.1) is 31.1 Å². The quantitative estimate of drug-likeness (QED) is 0.380. The first-order valence-electron chi connectivity index (χ1n) is 7.09. The number of carbonyl (C=O) groups is 1. The molecule has 3 nitrogen and oxygen atoms in total. The zero-order valence-corrected chi connectivity index (χ0v) is 18.6. The smallest absolute Gasteiger partial charge is 0.155 e. The van der Waals surface area contributed by atoms with Crippen molar-refractivity contribution >= 4 is 15.6 Å². The van der Waals surface area contributed by atoms with E-state index in [4.69, 9.17) is 0 Å². The number of unbranched alkanes of at least 4 members (excludes halogenated alkanes) is 1. The molecule has 0 bridgehead atoms. The summed E-state index contributed by atoms with van der Waals surface area (Å²) in [6, 6.07) is 0. The zero-order chi connectivity index (χ0) is 17.3. The summed E-state index contributed by atoms with van der Waals surface area (Å²) in [5.74, 6) is 5.56. The molecule has 0 amide bonds. The summed E-state index contributed by atoms with van der Waals surface area (Å²) in [4.78, 5) is 10.5. The van der Waals surface area contributed by atoms with E-state index in [0.29, 0.717) is 19.3 Å². The van der Waals surface area contributed by atoms with E-state index in [1.807, 2.05) is 0 Å². The number of Topliss-reactive ketones (excluding diaryl/α,β-unsaturated/α-hetero) is 1. The van der Waals surface area contributed by atoms with Crippen LogP contribution in [0.1, 0.15) is 68.2 Å². The minimum Gasteiger partial charge on any atom is -0.339 e. The van der Waals surface area contributed by atoms with E-state index >= 15 is 0 Å². The molecule has 0 spiro atoms. The first-order valence-corrected chi connectivity index (χ1v) is 8.74. The Labute approximate surface area is 170 Å². The third-order valence-electron chi connectivity index (χ3n) is 2.52. The maximum absolute atomic E-state index is 11.6. The Kier molecular flexibility index (Phi) is 17.9. The van der Waals surface area contributed by atoms with E-state index in [-0.39, 0.29) is 57.1 Å². The second-order valence-corrected chi connectivity index (χ2v) is 9.84. The van der Waals surface area contributed by atoms with Gasteiger partial charge in [0, 0.05) is 32.7 Å². The minimum absolute atomic E-state index is 0. The van der Waals surface area contributed by atoms with Gasteiger partial charge in [0.05, 0.1) is 10.5 Å². The molecule has 0 aromatic heterocycles. The Balaban J connectivity index is -0.000000173. The molecule has 135 valence electrons. The fraction of sp³-hybridized carbons (Fsp3) is 0.722.